The minimum absolute atomic E-state index is 0.0530. The lowest BCUT2D eigenvalue weighted by Crippen LogP contribution is -2.45. The number of hydrogen-bond donors (Lipinski definition) is 3. The van der Waals surface area contributed by atoms with E-state index < -0.39 is 20.0 Å². The first-order valence-electron chi connectivity index (χ1n) is 31.3. The molecule has 0 aliphatic carbocycles. The summed E-state index contributed by atoms with van der Waals surface area (Å²) >= 11 is 0. The number of hydrogen-bond acceptors (Lipinski definition) is 5. The number of unbranched alkanes of at least 4 members (excludes halogenated alkanes) is 27. The Morgan fingerprint density at radius 2 is 0.789 bits per heavy atom. The van der Waals surface area contributed by atoms with Gasteiger partial charge >= 0.3 is 7.82 Å². The highest BCUT2D eigenvalue weighted by Gasteiger charge is 2.27. The Kier molecular flexibility index (Phi) is 54.7. The van der Waals surface area contributed by atoms with E-state index in [1.54, 1.807) is 6.08 Å². The molecule has 0 bridgehead atoms. The van der Waals surface area contributed by atoms with Crippen molar-refractivity contribution in [3.63, 3.8) is 0 Å². The molecule has 0 spiro atoms. The van der Waals surface area contributed by atoms with Crippen molar-refractivity contribution in [3.8, 4) is 0 Å². The van der Waals surface area contributed by atoms with Gasteiger partial charge in [-0.25, -0.2) is 4.57 Å². The van der Waals surface area contributed by atoms with Gasteiger partial charge < -0.3 is 19.8 Å². The number of phosphoric acid groups is 1. The third kappa shape index (κ3) is 58.8. The molecule has 3 unspecified atom stereocenters. The van der Waals surface area contributed by atoms with Crippen molar-refractivity contribution in [2.24, 2.45) is 0 Å². The summed E-state index contributed by atoms with van der Waals surface area (Å²) in [6, 6.07) is -0.864. The van der Waals surface area contributed by atoms with Gasteiger partial charge in [-0.2, -0.15) is 0 Å². The van der Waals surface area contributed by atoms with Crippen LogP contribution in [0.15, 0.2) is 109 Å². The fourth-order valence-electron chi connectivity index (χ4n) is 8.65. The van der Waals surface area contributed by atoms with Crippen LogP contribution < -0.4 is 5.32 Å². The van der Waals surface area contributed by atoms with Gasteiger partial charge in [0.15, 0.2) is 0 Å². The van der Waals surface area contributed by atoms with Crippen LogP contribution in [-0.4, -0.2) is 73.4 Å². The number of nitrogens with one attached hydrogen (secondary N) is 1. The van der Waals surface area contributed by atoms with E-state index in [2.05, 4.69) is 116 Å². The van der Waals surface area contributed by atoms with Crippen molar-refractivity contribution in [2.45, 2.75) is 270 Å². The second kappa shape index (κ2) is 56.9. The summed E-state index contributed by atoms with van der Waals surface area (Å²) < 4.78 is 23.8. The average molecular weight is 1080 g/mol. The molecular weight excluding hydrogens is 960 g/mol. The van der Waals surface area contributed by atoms with Gasteiger partial charge in [-0.15, -0.1) is 0 Å². The Balaban J connectivity index is 4.25. The molecule has 0 saturated carbocycles. The minimum atomic E-state index is -4.36. The molecule has 8 nitrogen and oxygen atoms in total. The number of quaternary nitrogens is 1. The maximum absolute atomic E-state index is 13.0. The number of nitrogens with zero attached hydrogens (tertiary/aromatic N) is 1. The predicted octanol–water partition coefficient (Wildman–Crippen LogP) is 19.5. The summed E-state index contributed by atoms with van der Waals surface area (Å²) in [7, 11) is 1.55. The summed E-state index contributed by atoms with van der Waals surface area (Å²) in [6.45, 7) is 4.70. The Morgan fingerprint density at radius 1 is 0.461 bits per heavy atom. The van der Waals surface area contributed by atoms with Crippen molar-refractivity contribution in [3.05, 3.63) is 109 Å². The minimum Gasteiger partial charge on any atom is -0.387 e. The molecule has 0 aliphatic rings. The molecule has 9 heteroatoms. The molecule has 3 N–H and O–H groups in total. The largest absolute Gasteiger partial charge is 0.472 e. The number of allylic oxidation sites excluding steroid dienone is 17. The topological polar surface area (TPSA) is 105 Å². The maximum Gasteiger partial charge on any atom is 0.472 e. The van der Waals surface area contributed by atoms with Crippen molar-refractivity contribution < 1.29 is 32.9 Å². The first-order valence-corrected chi connectivity index (χ1v) is 32.8. The Morgan fingerprint density at radius 3 is 1.16 bits per heavy atom. The van der Waals surface area contributed by atoms with Crippen LogP contribution in [0.5, 0.6) is 0 Å². The van der Waals surface area contributed by atoms with E-state index in [0.717, 1.165) is 103 Å². The van der Waals surface area contributed by atoms with Crippen molar-refractivity contribution in [2.75, 3.05) is 40.9 Å². The lowest BCUT2D eigenvalue weighted by atomic mass is 10.0. The van der Waals surface area contributed by atoms with Gasteiger partial charge in [0.05, 0.1) is 39.9 Å². The van der Waals surface area contributed by atoms with Crippen LogP contribution in [0.2, 0.25) is 0 Å². The lowest BCUT2D eigenvalue weighted by molar-refractivity contribution is -0.870. The van der Waals surface area contributed by atoms with E-state index in [0.29, 0.717) is 17.4 Å². The highest BCUT2D eigenvalue weighted by molar-refractivity contribution is 7.47. The van der Waals surface area contributed by atoms with E-state index in [-0.39, 0.29) is 19.1 Å². The van der Waals surface area contributed by atoms with E-state index in [1.807, 2.05) is 27.2 Å². The van der Waals surface area contributed by atoms with Crippen LogP contribution in [-0.2, 0) is 18.4 Å². The summed E-state index contributed by atoms with van der Waals surface area (Å²) in [5, 5.41) is 14.0. The summed E-state index contributed by atoms with van der Waals surface area (Å²) in [5.41, 5.74) is 0. The Labute approximate surface area is 470 Å². The molecule has 0 radical (unpaired) electrons. The third-order valence-electron chi connectivity index (χ3n) is 13.5. The quantitative estimate of drug-likeness (QED) is 0.0243. The first-order chi connectivity index (χ1) is 37.0. The number of rotatable bonds is 56. The molecule has 0 fully saturated rings. The first kappa shape index (κ1) is 73.2. The predicted molar refractivity (Wildman–Crippen MR) is 332 cm³/mol. The van der Waals surface area contributed by atoms with Gasteiger partial charge in [-0.3, -0.25) is 13.8 Å². The molecule has 76 heavy (non-hydrogen) atoms. The van der Waals surface area contributed by atoms with Crippen molar-refractivity contribution in [1.29, 1.82) is 0 Å². The van der Waals surface area contributed by atoms with E-state index in [1.165, 1.54) is 135 Å². The zero-order valence-corrected chi connectivity index (χ0v) is 50.9. The molecule has 0 rings (SSSR count). The van der Waals surface area contributed by atoms with Crippen LogP contribution in [0.4, 0.5) is 0 Å². The van der Waals surface area contributed by atoms with Crippen molar-refractivity contribution in [1.82, 2.24) is 5.32 Å². The molecule has 0 aromatic rings. The van der Waals surface area contributed by atoms with Gasteiger partial charge in [0.25, 0.3) is 0 Å². The highest BCUT2D eigenvalue weighted by atomic mass is 31.2. The van der Waals surface area contributed by atoms with Crippen LogP contribution in [0.3, 0.4) is 0 Å². The molecule has 1 amide bonds. The summed E-state index contributed by atoms with van der Waals surface area (Å²) in [6.07, 6.45) is 83.4. The fraction of sp³-hybridized carbons (Fsp3) is 0.716. The number of carbonyl (C=O) groups is 1. The van der Waals surface area contributed by atoms with Gasteiger partial charge in [0, 0.05) is 6.42 Å². The molecule has 3 atom stereocenters. The van der Waals surface area contributed by atoms with Gasteiger partial charge in [0.1, 0.15) is 13.2 Å². The van der Waals surface area contributed by atoms with E-state index in [9.17, 15) is 19.4 Å². The van der Waals surface area contributed by atoms with E-state index >= 15 is 0 Å². The molecular formula is C67H120N2O6P+. The van der Waals surface area contributed by atoms with Gasteiger partial charge in [0.2, 0.25) is 5.91 Å². The molecule has 0 aliphatic heterocycles. The Bertz CT molecular complexity index is 1600. The standard InChI is InChI=1S/C67H119N2O6P/c1-6-8-10-12-14-16-18-20-22-24-26-28-30-31-32-33-34-35-36-37-39-41-43-45-47-49-51-53-55-57-59-61-67(71)68-65(64-75-76(72,73)74-63-62-69(3,4)5)66(70)60-58-56-54-52-50-48-46-44-42-40-38-29-27-25-23-21-19-17-15-13-11-9-7-2/h8,10,14,16,20,22,26,28,31-32,34-35,37,39,43,45,58,60,65-66,70H,6-7,9,11-13,15,17-19,21,23-25,27,29-30,33,36,38,40-42,44,46-57,59,61-64H2,1-5H3,(H-,68,71,72,73)/p+1/b10-8-,16-14-,22-20-,28-26-,32-31-,35-34-,39-37-,45-43-,60-58+. The number of aliphatic hydroxyl groups is 1. The zero-order chi connectivity index (χ0) is 55.6. The Hall–Kier alpha value is -2.84. The third-order valence-corrected chi connectivity index (χ3v) is 14.5. The van der Waals surface area contributed by atoms with Gasteiger partial charge in [-0.05, 0) is 83.5 Å². The number of aliphatic hydroxyl groups excluding tert-OH is 1. The van der Waals surface area contributed by atoms with Crippen LogP contribution >= 0.6 is 7.82 Å². The highest BCUT2D eigenvalue weighted by Crippen LogP contribution is 2.43. The number of likely N-dealkylation sites (N-methyl/N-ethyl adjacent to an activating group) is 1. The second-order valence-corrected chi connectivity index (χ2v) is 23.5. The molecule has 438 valence electrons. The molecule has 0 heterocycles. The van der Waals surface area contributed by atoms with Crippen LogP contribution in [0, 0.1) is 0 Å². The second-order valence-electron chi connectivity index (χ2n) is 22.1. The maximum atomic E-state index is 13.0. The van der Waals surface area contributed by atoms with Crippen LogP contribution in [0.25, 0.3) is 0 Å². The molecule has 0 aromatic heterocycles. The normalized spacial score (nSPS) is 14.6. The average Bonchev–Trinajstić information content (AvgIpc) is 3.38. The number of carbonyl (C=O) groups excluding carboxylic acids is 1. The molecule has 0 aromatic carbocycles. The molecule has 0 saturated heterocycles. The fourth-order valence-corrected chi connectivity index (χ4v) is 9.38. The smallest absolute Gasteiger partial charge is 0.387 e. The summed E-state index contributed by atoms with van der Waals surface area (Å²) in [5.74, 6) is -0.194. The zero-order valence-electron chi connectivity index (χ0n) is 50.0. The number of phosphoric ester groups is 1. The van der Waals surface area contributed by atoms with Crippen LogP contribution in [0.1, 0.15) is 258 Å². The van der Waals surface area contributed by atoms with Gasteiger partial charge in [-0.1, -0.05) is 277 Å². The summed E-state index contributed by atoms with van der Waals surface area (Å²) in [4.78, 5) is 23.4. The number of amides is 1. The lowest BCUT2D eigenvalue weighted by Gasteiger charge is -2.25. The van der Waals surface area contributed by atoms with E-state index in [4.69, 9.17) is 9.05 Å². The SMILES string of the molecule is CC/C=C\C/C=C\C/C=C\C/C=C\C/C=C\C/C=C\C/C=C\C/C=C\CCCCCCCCC(=O)NC(COP(=O)(O)OCC[N+](C)(C)C)C(O)/C=C/CCCCCCCCCCCCCCCCCCCCCCC. The van der Waals surface area contributed by atoms with Crippen molar-refractivity contribution >= 4 is 13.7 Å². The monoisotopic (exact) mass is 1080 g/mol.